The van der Waals surface area contributed by atoms with Crippen LogP contribution in [0.2, 0.25) is 0 Å². The zero-order valence-corrected chi connectivity index (χ0v) is 23.6. The first kappa shape index (κ1) is 32.3. The highest BCUT2D eigenvalue weighted by atomic mass is 32.2. The van der Waals surface area contributed by atoms with Gasteiger partial charge >= 0.3 is 12.1 Å². The quantitative estimate of drug-likeness (QED) is 0.257. The summed E-state index contributed by atoms with van der Waals surface area (Å²) in [6, 6.07) is 10.8. The van der Waals surface area contributed by atoms with Gasteiger partial charge in [-0.2, -0.15) is 21.6 Å². The number of fused-ring (bicyclic) bond motifs is 6. The fraction of sp³-hybridized carbons (Fsp3) is 0.370. The molecule has 0 saturated heterocycles. The Labute approximate surface area is 248 Å². The first-order valence-corrected chi connectivity index (χ1v) is 14.7. The number of hydrogen-bond acceptors (Lipinski definition) is 8. The maximum atomic E-state index is 14.1. The van der Waals surface area contributed by atoms with Crippen LogP contribution in [0.5, 0.6) is 0 Å². The van der Waals surface area contributed by atoms with Crippen LogP contribution in [0.25, 0.3) is 11.3 Å². The van der Waals surface area contributed by atoms with Crippen molar-refractivity contribution in [2.45, 2.75) is 54.3 Å². The molecule has 16 heteroatoms. The van der Waals surface area contributed by atoms with Gasteiger partial charge in [-0.3, -0.25) is 9.52 Å². The van der Waals surface area contributed by atoms with Crippen LogP contribution in [-0.2, 0) is 26.2 Å². The molecule has 1 aromatic carbocycles. The van der Waals surface area contributed by atoms with Crippen LogP contribution in [0.4, 0.5) is 24.8 Å². The number of nitrogens with zero attached hydrogens (tertiary/aromatic N) is 3. The number of aliphatic carboxylic acids is 1. The second-order valence-electron chi connectivity index (χ2n) is 10.2. The molecule has 0 amide bonds. The van der Waals surface area contributed by atoms with Crippen LogP contribution in [0.1, 0.15) is 43.2 Å². The van der Waals surface area contributed by atoms with E-state index in [1.165, 1.54) is 42.5 Å². The van der Waals surface area contributed by atoms with Gasteiger partial charge in [0.2, 0.25) is 0 Å². The van der Waals surface area contributed by atoms with E-state index in [4.69, 9.17) is 20.8 Å². The van der Waals surface area contributed by atoms with Crippen molar-refractivity contribution in [2.24, 2.45) is 0 Å². The molecule has 4 rings (SSSR count). The first-order chi connectivity index (χ1) is 20.0. The van der Waals surface area contributed by atoms with Gasteiger partial charge in [0, 0.05) is 31.5 Å². The molecule has 0 unspecified atom stereocenters. The highest BCUT2D eigenvalue weighted by molar-refractivity contribution is 7.92. The van der Waals surface area contributed by atoms with Crippen molar-refractivity contribution in [3.05, 3.63) is 65.7 Å². The van der Waals surface area contributed by atoms with Crippen LogP contribution in [0, 0.1) is 0 Å². The van der Waals surface area contributed by atoms with E-state index in [-0.39, 0.29) is 62.1 Å². The number of sulfonamides is 1. The van der Waals surface area contributed by atoms with Crippen molar-refractivity contribution in [1.29, 1.82) is 0 Å². The normalized spacial score (nSPS) is 18.1. The summed E-state index contributed by atoms with van der Waals surface area (Å²) < 4.78 is 71.2. The predicted molar refractivity (Wildman–Crippen MR) is 153 cm³/mol. The number of aliphatic hydroxyl groups is 2. The van der Waals surface area contributed by atoms with Gasteiger partial charge in [-0.1, -0.05) is 30.3 Å². The second-order valence-corrected chi connectivity index (χ2v) is 11.8. The van der Waals surface area contributed by atoms with Gasteiger partial charge in [-0.15, -0.1) is 0 Å². The molecule has 0 spiro atoms. The third-order valence-corrected chi connectivity index (χ3v) is 8.32. The van der Waals surface area contributed by atoms with Crippen molar-refractivity contribution < 1.29 is 41.7 Å². The Morgan fingerprint density at radius 1 is 1.02 bits per heavy atom. The minimum absolute atomic E-state index is 0.113. The monoisotopic (exact) mass is 614 g/mol. The van der Waals surface area contributed by atoms with E-state index < -0.39 is 55.3 Å². The molecule has 4 N–H and O–H groups in total. The summed E-state index contributed by atoms with van der Waals surface area (Å²) in [6.07, 6.45) is -4.88. The molecule has 3 heterocycles. The fourth-order valence-electron chi connectivity index (χ4n) is 4.78. The number of pyridine rings is 2. The van der Waals surface area contributed by atoms with Gasteiger partial charge in [-0.25, -0.2) is 9.97 Å². The van der Waals surface area contributed by atoms with E-state index in [9.17, 15) is 36.6 Å². The maximum absolute atomic E-state index is 14.1. The minimum atomic E-state index is -4.94. The molecule has 0 fully saturated rings. The summed E-state index contributed by atoms with van der Waals surface area (Å²) >= 11 is 0. The van der Waals surface area contributed by atoms with E-state index in [1.807, 2.05) is 0 Å². The van der Waals surface area contributed by atoms with Crippen molar-refractivity contribution >= 4 is 43.3 Å². The lowest BCUT2D eigenvalue weighted by Gasteiger charge is -2.41. The summed E-state index contributed by atoms with van der Waals surface area (Å²) in [4.78, 5) is 20.9. The smallest absolute Gasteiger partial charge is 0.418 e. The Balaban J connectivity index is 1.89. The molecule has 4 bridgehead atoms. The van der Waals surface area contributed by atoms with Crippen LogP contribution in [0.3, 0.4) is 0 Å². The number of nitrogens with one attached hydrogen (secondary N) is 1. The Morgan fingerprint density at radius 2 is 1.74 bits per heavy atom. The zero-order chi connectivity index (χ0) is 31.6. The topological polar surface area (TPSA) is 153 Å². The second kappa shape index (κ2) is 12.2. The molecule has 224 valence electrons. The van der Waals surface area contributed by atoms with Crippen LogP contribution in [-0.4, -0.2) is 74.2 Å². The lowest BCUT2D eigenvalue weighted by atomic mass is 9.45. The summed E-state index contributed by atoms with van der Waals surface area (Å²) in [5, 5.41) is 28.2. The van der Waals surface area contributed by atoms with E-state index in [2.05, 4.69) is 14.7 Å². The van der Waals surface area contributed by atoms with E-state index in [0.717, 1.165) is 6.07 Å². The number of carbonyl (C=O) groups is 1. The number of benzene rings is 1. The van der Waals surface area contributed by atoms with Gasteiger partial charge in [-0.05, 0) is 54.3 Å². The van der Waals surface area contributed by atoms with Gasteiger partial charge in [0.1, 0.15) is 11.6 Å². The van der Waals surface area contributed by atoms with Gasteiger partial charge in [0.25, 0.3) is 10.0 Å². The summed E-state index contributed by atoms with van der Waals surface area (Å²) in [7, 11) is 8.03. The van der Waals surface area contributed by atoms with E-state index >= 15 is 0 Å². The SMILES string of the molecule is [B]C1([B])c2ccccc2-c2nc(ccc2C(F)(F)F)NS(=O)(=O)c2cccc(n2)N(CCCC(=O)O)CCCCC1(O)O. The van der Waals surface area contributed by atoms with E-state index in [1.54, 1.807) is 4.90 Å². The highest BCUT2D eigenvalue weighted by Gasteiger charge is 2.44. The molecule has 0 saturated carbocycles. The van der Waals surface area contributed by atoms with Crippen molar-refractivity contribution in [2.75, 3.05) is 22.7 Å². The van der Waals surface area contributed by atoms with Crippen molar-refractivity contribution in [3.8, 4) is 11.3 Å². The Hall–Kier alpha value is -3.62. The highest BCUT2D eigenvalue weighted by Crippen LogP contribution is 2.42. The Kier molecular flexibility index (Phi) is 9.14. The molecule has 0 aliphatic carbocycles. The Morgan fingerprint density at radius 3 is 2.44 bits per heavy atom. The summed E-state index contributed by atoms with van der Waals surface area (Å²) in [6.45, 7) is 0.407. The average molecular weight is 614 g/mol. The van der Waals surface area contributed by atoms with Crippen LogP contribution < -0.4 is 9.62 Å². The fourth-order valence-corrected chi connectivity index (χ4v) is 5.74. The number of anilines is 2. The van der Waals surface area contributed by atoms with Crippen molar-refractivity contribution in [1.82, 2.24) is 9.97 Å². The van der Waals surface area contributed by atoms with Crippen LogP contribution >= 0.6 is 0 Å². The van der Waals surface area contributed by atoms with Crippen LogP contribution in [0.15, 0.2) is 59.6 Å². The molecule has 1 aliphatic rings. The average Bonchev–Trinajstić information content (AvgIpc) is 2.93. The molecular weight excluding hydrogens is 587 g/mol. The molecule has 1 aliphatic heterocycles. The van der Waals surface area contributed by atoms with Gasteiger partial charge in [0.05, 0.1) is 26.9 Å². The molecule has 0 atom stereocenters. The van der Waals surface area contributed by atoms with Gasteiger partial charge in [0.15, 0.2) is 10.8 Å². The molecule has 43 heavy (non-hydrogen) atoms. The van der Waals surface area contributed by atoms with E-state index in [0.29, 0.717) is 6.07 Å². The summed E-state index contributed by atoms with van der Waals surface area (Å²) in [5.41, 5.74) is -2.54. The lowest BCUT2D eigenvalue weighted by molar-refractivity contribution is -0.179. The van der Waals surface area contributed by atoms with Crippen molar-refractivity contribution in [3.63, 3.8) is 0 Å². The third kappa shape index (κ3) is 7.13. The standard InChI is InChI=1S/C27H27B2F3N4O6S/c28-26(29)18-8-2-1-7-17(18)24-19(27(30,31)32)12-13-20(33-24)35-43(41,42)22-10-5-9-21(34-22)36(16-6-11-23(37)38)15-4-3-14-25(26,39)40/h1-2,5,7-10,12-13,39-40H,3-4,6,11,14-16H2,(H,33,35)(H,37,38). The number of hydrogen-bond donors (Lipinski definition) is 4. The number of carboxylic acid groups (broad SMARTS) is 1. The number of halogens is 3. The van der Waals surface area contributed by atoms with Gasteiger partial charge < -0.3 is 20.2 Å². The number of carboxylic acids is 1. The third-order valence-electron chi connectivity index (χ3n) is 7.06. The predicted octanol–water partition coefficient (Wildman–Crippen LogP) is 2.99. The maximum Gasteiger partial charge on any atom is 0.418 e. The number of alkyl halides is 3. The lowest BCUT2D eigenvalue weighted by Crippen LogP contribution is -2.53. The summed E-state index contributed by atoms with van der Waals surface area (Å²) in [5.74, 6) is -4.11. The molecule has 3 aromatic rings. The molecule has 2 aromatic heterocycles. The number of rotatable bonds is 4. The molecule has 10 nitrogen and oxygen atoms in total. The first-order valence-electron chi connectivity index (χ1n) is 13.2. The Bertz CT molecular complexity index is 1610. The largest absolute Gasteiger partial charge is 0.481 e. The number of aromatic nitrogens is 2. The molecular formula is C27H27B2F3N4O6S. The zero-order valence-electron chi connectivity index (χ0n) is 22.8. The minimum Gasteiger partial charge on any atom is -0.481 e. The molecule has 4 radical (unpaired) electrons.